The summed E-state index contributed by atoms with van der Waals surface area (Å²) in [6.07, 6.45) is 0. The fourth-order valence-corrected chi connectivity index (χ4v) is 2.19. The monoisotopic (exact) mass is 287 g/mol. The van der Waals surface area contributed by atoms with Gasteiger partial charge in [0.15, 0.2) is 5.78 Å². The maximum Gasteiger partial charge on any atom is 0.323 e. The summed E-state index contributed by atoms with van der Waals surface area (Å²) < 4.78 is 0. The predicted molar refractivity (Wildman–Crippen MR) is 78.2 cm³/mol. The molecule has 0 radical (unpaired) electrons. The summed E-state index contributed by atoms with van der Waals surface area (Å²) >= 11 is 5.91. The first-order valence-electron chi connectivity index (χ1n) is 5.86. The smallest absolute Gasteiger partial charge is 0.323 e. The lowest BCUT2D eigenvalue weighted by Crippen LogP contribution is -2.02. The third kappa shape index (κ3) is 2.08. The van der Waals surface area contributed by atoms with Gasteiger partial charge in [0.25, 0.3) is 0 Å². The molecule has 3 aromatic rings. The first-order valence-corrected chi connectivity index (χ1v) is 6.24. The highest BCUT2D eigenvalue weighted by molar-refractivity contribution is 6.33. The Kier molecular flexibility index (Phi) is 2.84. The normalized spacial score (nSPS) is 10.8. The van der Waals surface area contributed by atoms with Gasteiger partial charge in [0.1, 0.15) is 0 Å². The van der Waals surface area contributed by atoms with Gasteiger partial charge in [0.2, 0.25) is 0 Å². The molecular weight excluding hydrogens is 278 g/mol. The molecule has 20 heavy (non-hydrogen) atoms. The van der Waals surface area contributed by atoms with Crippen LogP contribution < -0.4 is 11.4 Å². The van der Waals surface area contributed by atoms with Crippen molar-refractivity contribution in [3.8, 4) is 0 Å². The minimum absolute atomic E-state index is 0.184. The summed E-state index contributed by atoms with van der Waals surface area (Å²) in [7, 11) is 0. The Morgan fingerprint density at radius 1 is 1.00 bits per heavy atom. The molecule has 0 amide bonds. The average Bonchev–Trinajstić information content (AvgIpc) is 2.80. The van der Waals surface area contributed by atoms with Crippen molar-refractivity contribution in [2.45, 2.75) is 0 Å². The maximum atomic E-state index is 12.4. The summed E-state index contributed by atoms with van der Waals surface area (Å²) in [5.41, 5.74) is 7.89. The van der Waals surface area contributed by atoms with Crippen LogP contribution in [-0.4, -0.2) is 15.8 Å². The molecule has 0 bridgehead atoms. The first kappa shape index (κ1) is 12.5. The van der Waals surface area contributed by atoms with Crippen molar-refractivity contribution in [3.63, 3.8) is 0 Å². The first-order chi connectivity index (χ1) is 9.54. The van der Waals surface area contributed by atoms with E-state index in [2.05, 4.69) is 9.97 Å². The van der Waals surface area contributed by atoms with E-state index >= 15 is 0 Å². The van der Waals surface area contributed by atoms with Gasteiger partial charge in [-0.15, -0.1) is 0 Å². The molecule has 5 nitrogen and oxygen atoms in total. The molecule has 4 N–H and O–H groups in total. The van der Waals surface area contributed by atoms with Crippen molar-refractivity contribution in [1.82, 2.24) is 9.97 Å². The largest absolute Gasteiger partial charge is 0.398 e. The van der Waals surface area contributed by atoms with Crippen LogP contribution in [-0.2, 0) is 0 Å². The molecule has 0 unspecified atom stereocenters. The number of carbonyl (C=O) groups excluding carboxylic acids is 1. The van der Waals surface area contributed by atoms with E-state index in [9.17, 15) is 9.59 Å². The molecule has 3 rings (SSSR count). The van der Waals surface area contributed by atoms with E-state index in [4.69, 9.17) is 17.3 Å². The number of carbonyl (C=O) groups is 1. The fourth-order valence-electron chi connectivity index (χ4n) is 2.01. The van der Waals surface area contributed by atoms with Crippen LogP contribution in [0.4, 0.5) is 5.69 Å². The summed E-state index contributed by atoms with van der Waals surface area (Å²) in [5.74, 6) is -0.184. The number of rotatable bonds is 2. The van der Waals surface area contributed by atoms with Crippen LogP contribution in [0.3, 0.4) is 0 Å². The van der Waals surface area contributed by atoms with E-state index in [-0.39, 0.29) is 11.5 Å². The van der Waals surface area contributed by atoms with Gasteiger partial charge in [-0.2, -0.15) is 0 Å². The minimum atomic E-state index is -0.305. The Balaban J connectivity index is 2.07. The van der Waals surface area contributed by atoms with Gasteiger partial charge < -0.3 is 15.7 Å². The molecule has 0 spiro atoms. The number of hydrogen-bond donors (Lipinski definition) is 3. The maximum absolute atomic E-state index is 12.4. The van der Waals surface area contributed by atoms with Crippen LogP contribution in [0.25, 0.3) is 11.0 Å². The van der Waals surface area contributed by atoms with Gasteiger partial charge >= 0.3 is 5.69 Å². The second-order valence-electron chi connectivity index (χ2n) is 4.40. The van der Waals surface area contributed by atoms with E-state index in [1.54, 1.807) is 30.3 Å². The number of nitrogens with two attached hydrogens (primary N) is 1. The number of halogens is 1. The molecule has 0 saturated carbocycles. The van der Waals surface area contributed by atoms with E-state index < -0.39 is 0 Å². The summed E-state index contributed by atoms with van der Waals surface area (Å²) in [4.78, 5) is 28.8. The highest BCUT2D eigenvalue weighted by Crippen LogP contribution is 2.22. The average molecular weight is 288 g/mol. The van der Waals surface area contributed by atoms with E-state index in [0.29, 0.717) is 32.9 Å². The zero-order valence-corrected chi connectivity index (χ0v) is 11.0. The van der Waals surface area contributed by atoms with Crippen molar-refractivity contribution in [2.24, 2.45) is 0 Å². The van der Waals surface area contributed by atoms with Crippen molar-refractivity contribution in [2.75, 3.05) is 5.73 Å². The van der Waals surface area contributed by atoms with Gasteiger partial charge in [-0.05, 0) is 36.4 Å². The van der Waals surface area contributed by atoms with Crippen molar-refractivity contribution in [1.29, 1.82) is 0 Å². The number of nitrogens with one attached hydrogen (secondary N) is 2. The van der Waals surface area contributed by atoms with E-state index in [1.807, 2.05) is 0 Å². The molecule has 1 aromatic heterocycles. The third-order valence-electron chi connectivity index (χ3n) is 3.04. The lowest BCUT2D eigenvalue weighted by molar-refractivity contribution is 0.103. The molecule has 1 heterocycles. The molecule has 2 aromatic carbocycles. The number of anilines is 1. The van der Waals surface area contributed by atoms with Crippen LogP contribution in [0.2, 0.25) is 5.02 Å². The summed E-state index contributed by atoms with van der Waals surface area (Å²) in [6.45, 7) is 0. The molecule has 100 valence electrons. The van der Waals surface area contributed by atoms with Crippen LogP contribution in [0.15, 0.2) is 41.2 Å². The van der Waals surface area contributed by atoms with Crippen LogP contribution >= 0.6 is 11.6 Å². The molecule has 0 aliphatic heterocycles. The molecule has 0 aliphatic carbocycles. The predicted octanol–water partition coefficient (Wildman–Crippen LogP) is 2.32. The second kappa shape index (κ2) is 4.54. The zero-order valence-electron chi connectivity index (χ0n) is 10.2. The van der Waals surface area contributed by atoms with Gasteiger partial charge in [0.05, 0.1) is 21.7 Å². The Bertz CT molecular complexity index is 880. The van der Waals surface area contributed by atoms with Gasteiger partial charge in [0, 0.05) is 11.1 Å². The Hall–Kier alpha value is -2.53. The zero-order chi connectivity index (χ0) is 14.3. The second-order valence-corrected chi connectivity index (χ2v) is 4.81. The number of hydrogen-bond acceptors (Lipinski definition) is 3. The summed E-state index contributed by atoms with van der Waals surface area (Å²) in [5, 5.41) is 0.340. The topological polar surface area (TPSA) is 91.7 Å². The van der Waals surface area contributed by atoms with Crippen molar-refractivity contribution >= 4 is 34.1 Å². The number of aromatic nitrogens is 2. The number of aromatic amines is 2. The molecule has 0 fully saturated rings. The molecule has 6 heteroatoms. The number of H-pyrrole nitrogens is 2. The Morgan fingerprint density at radius 2 is 1.65 bits per heavy atom. The standard InChI is InChI=1S/C14H10ClN3O2/c15-9-5-7(1-3-10(9)16)13(19)8-2-4-11-12(6-8)18-14(20)17-11/h1-6H,16H2,(H2,17,18,20). The molecular formula is C14H10ClN3O2. The lowest BCUT2D eigenvalue weighted by atomic mass is 10.0. The van der Waals surface area contributed by atoms with Crippen LogP contribution in [0, 0.1) is 0 Å². The highest BCUT2D eigenvalue weighted by atomic mass is 35.5. The van der Waals surface area contributed by atoms with E-state index in [0.717, 1.165) is 0 Å². The van der Waals surface area contributed by atoms with Crippen molar-refractivity contribution < 1.29 is 4.79 Å². The van der Waals surface area contributed by atoms with Crippen LogP contribution in [0.5, 0.6) is 0 Å². The van der Waals surface area contributed by atoms with Gasteiger partial charge in [-0.25, -0.2) is 4.79 Å². The lowest BCUT2D eigenvalue weighted by Gasteiger charge is -2.04. The van der Waals surface area contributed by atoms with E-state index in [1.165, 1.54) is 6.07 Å². The Morgan fingerprint density at radius 3 is 2.40 bits per heavy atom. The third-order valence-corrected chi connectivity index (χ3v) is 3.37. The summed E-state index contributed by atoms with van der Waals surface area (Å²) in [6, 6.07) is 9.70. The number of ketones is 1. The molecule has 0 atom stereocenters. The van der Waals surface area contributed by atoms with Gasteiger partial charge in [-0.3, -0.25) is 4.79 Å². The molecule has 0 aliphatic rings. The Labute approximate surface area is 118 Å². The highest BCUT2D eigenvalue weighted by Gasteiger charge is 2.12. The minimum Gasteiger partial charge on any atom is -0.398 e. The van der Waals surface area contributed by atoms with Crippen molar-refractivity contribution in [3.05, 3.63) is 63.0 Å². The molecule has 0 saturated heterocycles. The van der Waals surface area contributed by atoms with Crippen LogP contribution in [0.1, 0.15) is 15.9 Å². The fraction of sp³-hybridized carbons (Fsp3) is 0. The number of imidazole rings is 1. The van der Waals surface area contributed by atoms with Gasteiger partial charge in [-0.1, -0.05) is 11.6 Å². The SMILES string of the molecule is Nc1ccc(C(=O)c2ccc3[nH]c(=O)[nH]c3c2)cc1Cl. The number of nitrogen functional groups attached to an aromatic ring is 1. The number of benzene rings is 2. The number of fused-ring (bicyclic) bond motifs is 1. The quantitative estimate of drug-likeness (QED) is 0.499.